The number of aromatic amines is 1. The number of H-pyrrole nitrogens is 1. The fraction of sp³-hybridized carbons (Fsp3) is 0.158. The second kappa shape index (κ2) is 6.59. The maximum Gasteiger partial charge on any atom is 0.216 e. The predicted molar refractivity (Wildman–Crippen MR) is 92.6 cm³/mol. The van der Waals surface area contributed by atoms with Gasteiger partial charge >= 0.3 is 0 Å². The van der Waals surface area contributed by atoms with Crippen LogP contribution in [0.25, 0.3) is 11.0 Å². The third-order valence-corrected chi connectivity index (χ3v) is 4.25. The van der Waals surface area contributed by atoms with E-state index >= 15 is 0 Å². The minimum atomic E-state index is -0.532. The molecular weight excluding hydrogens is 336 g/mol. The summed E-state index contributed by atoms with van der Waals surface area (Å²) in [7, 11) is 0. The summed E-state index contributed by atoms with van der Waals surface area (Å²) >= 11 is 0. The van der Waals surface area contributed by atoms with E-state index in [1.807, 2.05) is 13.1 Å². The first-order chi connectivity index (χ1) is 12.6. The first-order valence-electron chi connectivity index (χ1n) is 8.11. The Morgan fingerprint density at radius 3 is 2.73 bits per heavy atom. The van der Waals surface area contributed by atoms with Crippen LogP contribution in [0.15, 0.2) is 43.1 Å². The number of hydrogen-bond acceptors (Lipinski definition) is 4. The van der Waals surface area contributed by atoms with Crippen molar-refractivity contribution in [3.8, 4) is 0 Å². The van der Waals surface area contributed by atoms with E-state index in [-0.39, 0.29) is 0 Å². The van der Waals surface area contributed by atoms with E-state index < -0.39 is 11.8 Å². The van der Waals surface area contributed by atoms with Gasteiger partial charge in [-0.1, -0.05) is 6.07 Å². The molecule has 0 radical (unpaired) electrons. The molecule has 0 saturated heterocycles. The lowest BCUT2D eigenvalue weighted by atomic mass is 10.0. The highest BCUT2D eigenvalue weighted by molar-refractivity contribution is 5.82. The van der Waals surface area contributed by atoms with Crippen molar-refractivity contribution in [1.29, 1.82) is 0 Å². The number of rotatable bonds is 4. The van der Waals surface area contributed by atoms with Gasteiger partial charge in [0.1, 0.15) is 17.8 Å². The van der Waals surface area contributed by atoms with Gasteiger partial charge in [0, 0.05) is 41.9 Å². The Labute approximate surface area is 148 Å². The average molecular weight is 351 g/mol. The molecule has 0 bridgehead atoms. The van der Waals surface area contributed by atoms with Gasteiger partial charge in [-0.05, 0) is 30.2 Å². The summed E-state index contributed by atoms with van der Waals surface area (Å²) in [4.78, 5) is 19.3. The molecule has 4 heterocycles. The van der Waals surface area contributed by atoms with E-state index in [1.54, 1.807) is 18.3 Å². The van der Waals surface area contributed by atoms with Gasteiger partial charge in [-0.25, -0.2) is 19.3 Å². The molecule has 0 aliphatic rings. The second-order valence-electron chi connectivity index (χ2n) is 6.11. The molecule has 1 N–H and O–H groups in total. The Morgan fingerprint density at radius 2 is 1.92 bits per heavy atom. The molecule has 130 valence electrons. The third kappa shape index (κ3) is 3.15. The van der Waals surface area contributed by atoms with Gasteiger partial charge in [-0.15, -0.1) is 0 Å². The lowest BCUT2D eigenvalue weighted by molar-refractivity contribution is 0.564. The molecule has 0 atom stereocenters. The molecule has 0 aromatic carbocycles. The number of fused-ring (bicyclic) bond motifs is 1. The van der Waals surface area contributed by atoms with E-state index in [9.17, 15) is 8.78 Å². The van der Waals surface area contributed by atoms with E-state index in [0.29, 0.717) is 29.7 Å². The third-order valence-electron chi connectivity index (χ3n) is 4.25. The number of nitrogens with zero attached hydrogens (tertiary/aromatic N) is 4. The molecule has 0 unspecified atom stereocenters. The standard InChI is InChI=1S/C19H15F2N5/c1-11-17-14(8-23-19(17)25-10-24-11)6-13-2-3-16(26-18(13)21)5-12-4-15(20)9-22-7-12/h2-4,7-10H,5-6H2,1H3,(H,23,24,25). The van der Waals surface area contributed by atoms with Crippen LogP contribution in [-0.2, 0) is 12.8 Å². The van der Waals surface area contributed by atoms with Crippen LogP contribution in [0.4, 0.5) is 8.78 Å². The van der Waals surface area contributed by atoms with Crippen molar-refractivity contribution in [2.45, 2.75) is 19.8 Å². The van der Waals surface area contributed by atoms with Crippen LogP contribution >= 0.6 is 0 Å². The van der Waals surface area contributed by atoms with Crippen LogP contribution in [-0.4, -0.2) is 24.9 Å². The molecule has 26 heavy (non-hydrogen) atoms. The normalized spacial score (nSPS) is 11.2. The van der Waals surface area contributed by atoms with Gasteiger partial charge in [0.15, 0.2) is 0 Å². The van der Waals surface area contributed by atoms with E-state index in [2.05, 4.69) is 24.9 Å². The maximum absolute atomic E-state index is 14.5. The first kappa shape index (κ1) is 16.3. The number of halogens is 2. The minimum Gasteiger partial charge on any atom is -0.346 e. The predicted octanol–water partition coefficient (Wildman–Crippen LogP) is 3.52. The molecule has 0 amide bonds. The molecule has 5 nitrogen and oxygen atoms in total. The molecule has 4 aromatic rings. The van der Waals surface area contributed by atoms with Crippen molar-refractivity contribution in [3.63, 3.8) is 0 Å². The topological polar surface area (TPSA) is 67.3 Å². The maximum atomic E-state index is 14.5. The fourth-order valence-electron chi connectivity index (χ4n) is 3.03. The number of aromatic nitrogens is 5. The van der Waals surface area contributed by atoms with Gasteiger partial charge in [0.2, 0.25) is 5.95 Å². The van der Waals surface area contributed by atoms with Gasteiger partial charge < -0.3 is 4.98 Å². The summed E-state index contributed by atoms with van der Waals surface area (Å²) < 4.78 is 27.7. The summed E-state index contributed by atoms with van der Waals surface area (Å²) in [6, 6.07) is 4.83. The molecule has 7 heteroatoms. The minimum absolute atomic E-state index is 0.321. The Bertz CT molecular complexity index is 1090. The zero-order valence-electron chi connectivity index (χ0n) is 14.0. The largest absolute Gasteiger partial charge is 0.346 e. The van der Waals surface area contributed by atoms with Crippen molar-refractivity contribution >= 4 is 11.0 Å². The van der Waals surface area contributed by atoms with Crippen LogP contribution in [0.5, 0.6) is 0 Å². The molecule has 0 saturated carbocycles. The van der Waals surface area contributed by atoms with Crippen LogP contribution in [0, 0.1) is 18.7 Å². The van der Waals surface area contributed by atoms with Gasteiger partial charge in [-0.2, -0.15) is 4.39 Å². The SMILES string of the molecule is Cc1ncnc2[nH]cc(Cc3ccc(Cc4cncc(F)c4)nc3F)c12. The Hall–Kier alpha value is -3.22. The van der Waals surface area contributed by atoms with E-state index in [4.69, 9.17) is 0 Å². The van der Waals surface area contributed by atoms with Crippen molar-refractivity contribution in [1.82, 2.24) is 24.9 Å². The Kier molecular flexibility index (Phi) is 4.12. The zero-order chi connectivity index (χ0) is 18.1. The molecule has 0 fully saturated rings. The lowest BCUT2D eigenvalue weighted by Crippen LogP contribution is -2.01. The molecule has 4 rings (SSSR count). The summed E-state index contributed by atoms with van der Waals surface area (Å²) in [5.41, 5.74) is 4.15. The average Bonchev–Trinajstić information content (AvgIpc) is 3.02. The van der Waals surface area contributed by atoms with Crippen LogP contribution in [0.2, 0.25) is 0 Å². The quantitative estimate of drug-likeness (QED) is 0.571. The highest BCUT2D eigenvalue weighted by Crippen LogP contribution is 2.22. The monoisotopic (exact) mass is 351 g/mol. The highest BCUT2D eigenvalue weighted by Gasteiger charge is 2.13. The van der Waals surface area contributed by atoms with Crippen molar-refractivity contribution in [2.24, 2.45) is 0 Å². The molecule has 0 aliphatic heterocycles. The van der Waals surface area contributed by atoms with E-state index in [0.717, 1.165) is 28.5 Å². The molecule has 4 aromatic heterocycles. The highest BCUT2D eigenvalue weighted by atomic mass is 19.1. The molecule has 0 spiro atoms. The Balaban J connectivity index is 1.60. The number of aryl methyl sites for hydroxylation is 1. The van der Waals surface area contributed by atoms with Gasteiger partial charge in [0.05, 0.1) is 11.9 Å². The smallest absolute Gasteiger partial charge is 0.216 e. The summed E-state index contributed by atoms with van der Waals surface area (Å²) in [6.45, 7) is 1.89. The lowest BCUT2D eigenvalue weighted by Gasteiger charge is -2.06. The van der Waals surface area contributed by atoms with Crippen LogP contribution in [0.1, 0.15) is 28.1 Å². The second-order valence-corrected chi connectivity index (χ2v) is 6.11. The fourth-order valence-corrected chi connectivity index (χ4v) is 3.03. The van der Waals surface area contributed by atoms with Crippen LogP contribution < -0.4 is 0 Å². The zero-order valence-corrected chi connectivity index (χ0v) is 14.0. The van der Waals surface area contributed by atoms with E-state index in [1.165, 1.54) is 12.4 Å². The van der Waals surface area contributed by atoms with Crippen molar-refractivity contribution < 1.29 is 8.78 Å². The first-order valence-corrected chi connectivity index (χ1v) is 8.11. The van der Waals surface area contributed by atoms with Crippen molar-refractivity contribution in [3.05, 3.63) is 83.0 Å². The summed E-state index contributed by atoms with van der Waals surface area (Å²) in [6.07, 6.45) is 6.70. The number of pyridine rings is 2. The molecule has 0 aliphatic carbocycles. The summed E-state index contributed by atoms with van der Waals surface area (Å²) in [5, 5.41) is 0.904. The Morgan fingerprint density at radius 1 is 1.04 bits per heavy atom. The van der Waals surface area contributed by atoms with Crippen molar-refractivity contribution in [2.75, 3.05) is 0 Å². The van der Waals surface area contributed by atoms with Gasteiger partial charge in [-0.3, -0.25) is 4.98 Å². The van der Waals surface area contributed by atoms with Crippen LogP contribution in [0.3, 0.4) is 0 Å². The number of hydrogen-bond donors (Lipinski definition) is 1. The molecular formula is C19H15F2N5. The van der Waals surface area contributed by atoms with Gasteiger partial charge in [0.25, 0.3) is 0 Å². The summed E-state index contributed by atoms with van der Waals surface area (Å²) in [5.74, 6) is -0.952. The number of nitrogens with one attached hydrogen (secondary N) is 1.